The molecule has 1 heterocycles. The summed E-state index contributed by atoms with van der Waals surface area (Å²) in [6.07, 6.45) is 3.99. The minimum Gasteiger partial charge on any atom is -0.496 e. The normalized spacial score (nSPS) is 12.6. The van der Waals surface area contributed by atoms with E-state index in [1.165, 1.54) is 4.57 Å². The third kappa shape index (κ3) is 7.12. The molecule has 0 aliphatic heterocycles. The maximum atomic E-state index is 13.8. The Bertz CT molecular complexity index is 1330. The number of carbonyl (C=O) groups excluding carboxylic acids is 1. The van der Waals surface area contributed by atoms with Crippen molar-refractivity contribution in [1.29, 1.82) is 0 Å². The molecule has 0 spiro atoms. The van der Waals surface area contributed by atoms with Crippen molar-refractivity contribution in [3.05, 3.63) is 98.5 Å². The molecule has 0 bridgehead atoms. The van der Waals surface area contributed by atoms with E-state index in [1.807, 2.05) is 76.2 Å². The first-order valence-electron chi connectivity index (χ1n) is 13.1. The van der Waals surface area contributed by atoms with E-state index < -0.39 is 18.1 Å². The van der Waals surface area contributed by atoms with Crippen molar-refractivity contribution >= 4 is 11.9 Å². The van der Waals surface area contributed by atoms with Crippen LogP contribution in [0.15, 0.2) is 59.5 Å². The van der Waals surface area contributed by atoms with Crippen LogP contribution in [-0.2, 0) is 16.0 Å². The van der Waals surface area contributed by atoms with Gasteiger partial charge in [0.15, 0.2) is 0 Å². The lowest BCUT2D eigenvalue weighted by molar-refractivity contribution is -0.138. The Morgan fingerprint density at radius 3 is 2.39 bits per heavy atom. The summed E-state index contributed by atoms with van der Waals surface area (Å²) in [5.74, 6) is -0.688. The number of aliphatic carboxylic acids is 1. The minimum absolute atomic E-state index is 0.207. The second-order valence-corrected chi connectivity index (χ2v) is 9.91. The molecule has 1 unspecified atom stereocenters. The first-order valence-corrected chi connectivity index (χ1v) is 13.1. The number of nitrogens with one attached hydrogen (secondary N) is 1. The molecule has 0 aliphatic carbocycles. The van der Waals surface area contributed by atoms with Crippen LogP contribution in [0.2, 0.25) is 0 Å². The van der Waals surface area contributed by atoms with Crippen molar-refractivity contribution in [3.63, 3.8) is 0 Å². The van der Waals surface area contributed by atoms with Gasteiger partial charge in [0.2, 0.25) is 5.91 Å². The number of hydrogen-bond donors (Lipinski definition) is 2. The molecule has 0 aliphatic rings. The van der Waals surface area contributed by atoms with Gasteiger partial charge in [-0.1, -0.05) is 56.2 Å². The number of carboxylic acid groups (broad SMARTS) is 1. The van der Waals surface area contributed by atoms with Gasteiger partial charge >= 0.3 is 5.97 Å². The number of benzene rings is 2. The number of aryl methyl sites for hydroxylation is 3. The van der Waals surface area contributed by atoms with Gasteiger partial charge in [0.1, 0.15) is 11.8 Å². The SMILES string of the molecule is CCCCC(C(=O)N[C@@H](CC(=O)O)c1cc(C)c(OC)cc1C)n1cc(C)cc(Cc2ccccc2)c1=O. The fourth-order valence-electron chi connectivity index (χ4n) is 4.87. The number of aromatic nitrogens is 1. The summed E-state index contributed by atoms with van der Waals surface area (Å²) in [6, 6.07) is 13.8. The fourth-order valence-corrected chi connectivity index (χ4v) is 4.87. The van der Waals surface area contributed by atoms with E-state index in [0.717, 1.165) is 40.7 Å². The van der Waals surface area contributed by atoms with Gasteiger partial charge in [-0.25, -0.2) is 0 Å². The first kappa shape index (κ1) is 28.7. The lowest BCUT2D eigenvalue weighted by atomic mass is 9.95. The second kappa shape index (κ2) is 13.1. The number of amides is 1. The zero-order valence-electron chi connectivity index (χ0n) is 22.9. The summed E-state index contributed by atoms with van der Waals surface area (Å²) < 4.78 is 6.93. The predicted octanol–water partition coefficient (Wildman–Crippen LogP) is 5.44. The van der Waals surface area contributed by atoms with Crippen molar-refractivity contribution in [2.75, 3.05) is 7.11 Å². The number of carbonyl (C=O) groups is 2. The van der Waals surface area contributed by atoms with Gasteiger partial charge in [0.05, 0.1) is 19.6 Å². The molecule has 2 atom stereocenters. The Kier molecular flexibility index (Phi) is 9.88. The molecule has 1 amide bonds. The monoisotopic (exact) mass is 518 g/mol. The van der Waals surface area contributed by atoms with E-state index in [-0.39, 0.29) is 17.9 Å². The van der Waals surface area contributed by atoms with E-state index in [1.54, 1.807) is 13.3 Å². The van der Waals surface area contributed by atoms with E-state index in [2.05, 4.69) is 5.32 Å². The number of ether oxygens (including phenoxy) is 1. The Balaban J connectivity index is 2.00. The van der Waals surface area contributed by atoms with Crippen LogP contribution in [-0.4, -0.2) is 28.7 Å². The highest BCUT2D eigenvalue weighted by molar-refractivity contribution is 5.81. The molecule has 7 heteroatoms. The number of unbranched alkanes of at least 4 members (excludes halogenated alkanes) is 1. The maximum absolute atomic E-state index is 13.8. The largest absolute Gasteiger partial charge is 0.496 e. The third-order valence-corrected chi connectivity index (χ3v) is 6.81. The summed E-state index contributed by atoms with van der Waals surface area (Å²) in [5.41, 5.74) is 4.70. The van der Waals surface area contributed by atoms with Gasteiger partial charge in [-0.15, -0.1) is 0 Å². The second-order valence-electron chi connectivity index (χ2n) is 9.91. The quantitative estimate of drug-likeness (QED) is 0.333. The van der Waals surface area contributed by atoms with Crippen molar-refractivity contribution in [2.24, 2.45) is 0 Å². The molecule has 0 radical (unpaired) electrons. The first-order chi connectivity index (χ1) is 18.1. The highest BCUT2D eigenvalue weighted by Gasteiger charge is 2.27. The Labute approximate surface area is 224 Å². The number of methoxy groups -OCH3 is 1. The predicted molar refractivity (Wildman–Crippen MR) is 149 cm³/mol. The fraction of sp³-hybridized carbons (Fsp3) is 0.387. The molecule has 38 heavy (non-hydrogen) atoms. The molecule has 202 valence electrons. The Morgan fingerprint density at radius 1 is 1.05 bits per heavy atom. The van der Waals surface area contributed by atoms with Gasteiger partial charge in [0.25, 0.3) is 5.56 Å². The molecule has 2 aromatic carbocycles. The van der Waals surface area contributed by atoms with Crippen LogP contribution < -0.4 is 15.6 Å². The van der Waals surface area contributed by atoms with Gasteiger partial charge in [0, 0.05) is 18.2 Å². The summed E-state index contributed by atoms with van der Waals surface area (Å²) in [7, 11) is 1.59. The highest BCUT2D eigenvalue weighted by atomic mass is 16.5. The van der Waals surface area contributed by atoms with Crippen LogP contribution in [0.4, 0.5) is 0 Å². The van der Waals surface area contributed by atoms with E-state index in [4.69, 9.17) is 4.74 Å². The molecule has 3 aromatic rings. The highest BCUT2D eigenvalue weighted by Crippen LogP contribution is 2.29. The smallest absolute Gasteiger partial charge is 0.305 e. The van der Waals surface area contributed by atoms with Crippen molar-refractivity contribution in [1.82, 2.24) is 9.88 Å². The van der Waals surface area contributed by atoms with Crippen LogP contribution in [0.25, 0.3) is 0 Å². The van der Waals surface area contributed by atoms with Gasteiger partial charge < -0.3 is 19.7 Å². The lowest BCUT2D eigenvalue weighted by Crippen LogP contribution is -2.40. The minimum atomic E-state index is -1.02. The zero-order valence-corrected chi connectivity index (χ0v) is 22.9. The average Bonchev–Trinajstić information content (AvgIpc) is 2.87. The number of carboxylic acids is 1. The van der Waals surface area contributed by atoms with Crippen LogP contribution >= 0.6 is 0 Å². The van der Waals surface area contributed by atoms with Crippen LogP contribution in [0.3, 0.4) is 0 Å². The van der Waals surface area contributed by atoms with Crippen molar-refractivity contribution in [3.8, 4) is 5.75 Å². The Morgan fingerprint density at radius 2 is 1.76 bits per heavy atom. The topological polar surface area (TPSA) is 97.6 Å². The van der Waals surface area contributed by atoms with Gasteiger partial charge in [-0.2, -0.15) is 0 Å². The van der Waals surface area contributed by atoms with E-state index >= 15 is 0 Å². The molecular weight excluding hydrogens is 480 g/mol. The van der Waals surface area contributed by atoms with Crippen LogP contribution in [0.1, 0.15) is 78.1 Å². The van der Waals surface area contributed by atoms with Crippen molar-refractivity contribution < 1.29 is 19.4 Å². The molecule has 3 rings (SSSR count). The van der Waals surface area contributed by atoms with Crippen molar-refractivity contribution in [2.45, 2.75) is 71.9 Å². The Hall–Kier alpha value is -3.87. The lowest BCUT2D eigenvalue weighted by Gasteiger charge is -2.26. The molecule has 7 nitrogen and oxygen atoms in total. The number of pyridine rings is 1. The standard InChI is InChI=1S/C31H38N2O5/c1-6-7-13-27(33-19-20(2)14-24(31(33)37)17-23-11-9-8-10-12-23)30(36)32-26(18-29(34)35)25-15-22(4)28(38-5)16-21(25)3/h8-12,14-16,19,26-27H,6-7,13,17-18H2,1-5H3,(H,32,36)(H,34,35)/t26-,27?/m0/s1. The van der Waals surface area contributed by atoms with E-state index in [9.17, 15) is 19.5 Å². The van der Waals surface area contributed by atoms with Crippen LogP contribution in [0, 0.1) is 20.8 Å². The van der Waals surface area contributed by atoms with Gasteiger partial charge in [-0.3, -0.25) is 14.4 Å². The number of hydrogen-bond acceptors (Lipinski definition) is 4. The van der Waals surface area contributed by atoms with Gasteiger partial charge in [-0.05, 0) is 67.1 Å². The van der Waals surface area contributed by atoms with E-state index in [0.29, 0.717) is 24.2 Å². The number of rotatable bonds is 12. The molecule has 0 saturated heterocycles. The molecular formula is C31H38N2O5. The summed E-state index contributed by atoms with van der Waals surface area (Å²) in [6.45, 7) is 7.70. The molecule has 0 saturated carbocycles. The molecule has 2 N–H and O–H groups in total. The summed E-state index contributed by atoms with van der Waals surface area (Å²) >= 11 is 0. The zero-order chi connectivity index (χ0) is 27.8. The summed E-state index contributed by atoms with van der Waals surface area (Å²) in [5, 5.41) is 12.6. The van der Waals surface area contributed by atoms with Crippen LogP contribution in [0.5, 0.6) is 5.75 Å². The number of nitrogens with zero attached hydrogens (tertiary/aromatic N) is 1. The maximum Gasteiger partial charge on any atom is 0.305 e. The molecule has 0 fully saturated rings. The summed E-state index contributed by atoms with van der Waals surface area (Å²) in [4.78, 5) is 39.2. The third-order valence-electron chi connectivity index (χ3n) is 6.81. The average molecular weight is 519 g/mol. The molecule has 1 aromatic heterocycles.